The zero-order chi connectivity index (χ0) is 37.5. The molecule has 1 saturated heterocycles. The van der Waals surface area contributed by atoms with Crippen LogP contribution in [0, 0.1) is 0 Å². The molecule has 3 rings (SSSR count). The predicted molar refractivity (Wildman–Crippen MR) is 186 cm³/mol. The number of carboxylic acid groups (broad SMARTS) is 2. The van der Waals surface area contributed by atoms with Gasteiger partial charge in [0.15, 0.2) is 0 Å². The number of nitrogens with one attached hydrogen (secondary N) is 2. The summed E-state index contributed by atoms with van der Waals surface area (Å²) in [6.07, 6.45) is 2.42. The minimum atomic E-state index is -1.36. The van der Waals surface area contributed by atoms with Crippen molar-refractivity contribution in [3.63, 3.8) is 0 Å². The fourth-order valence-corrected chi connectivity index (χ4v) is 5.93. The third kappa shape index (κ3) is 10.9. The topological polar surface area (TPSA) is 195 Å². The highest BCUT2D eigenvalue weighted by molar-refractivity contribution is 6.00. The maximum atomic E-state index is 13.1. The Morgan fingerprint density at radius 2 is 1.16 bits per heavy atom. The molecule has 0 aromatic heterocycles. The number of amides is 2. The van der Waals surface area contributed by atoms with E-state index in [4.69, 9.17) is 28.4 Å². The van der Waals surface area contributed by atoms with Crippen LogP contribution in [-0.2, 0) is 9.59 Å². The van der Waals surface area contributed by atoms with Crippen molar-refractivity contribution >= 4 is 23.8 Å². The lowest BCUT2D eigenvalue weighted by molar-refractivity contribution is -0.135. The maximum Gasteiger partial charge on any atom is 0.333 e. The largest absolute Gasteiger partial charge is 0.496 e. The number of nitrogens with zero attached hydrogens (tertiary/aromatic N) is 2. The molecule has 1 fully saturated rings. The summed E-state index contributed by atoms with van der Waals surface area (Å²) in [6, 6.07) is 5.61. The minimum absolute atomic E-state index is 0.208. The van der Waals surface area contributed by atoms with Crippen molar-refractivity contribution in [3.8, 4) is 34.5 Å². The van der Waals surface area contributed by atoms with Gasteiger partial charge in [0.1, 0.15) is 45.6 Å². The average molecular weight is 717 g/mol. The van der Waals surface area contributed by atoms with E-state index < -0.39 is 23.9 Å². The second-order valence-electron chi connectivity index (χ2n) is 11.5. The van der Waals surface area contributed by atoms with E-state index in [0.29, 0.717) is 75.0 Å². The average Bonchev–Trinajstić information content (AvgIpc) is 3.33. The Morgan fingerprint density at radius 3 is 1.55 bits per heavy atom. The summed E-state index contributed by atoms with van der Waals surface area (Å²) in [4.78, 5) is 54.2. The molecule has 1 heterocycles. The maximum absolute atomic E-state index is 13.1. The zero-order valence-corrected chi connectivity index (χ0v) is 29.9. The highest BCUT2D eigenvalue weighted by Gasteiger charge is 2.32. The van der Waals surface area contributed by atoms with Crippen LogP contribution in [0.4, 0.5) is 0 Å². The van der Waals surface area contributed by atoms with Crippen LogP contribution < -0.4 is 39.1 Å². The molecule has 0 saturated carbocycles. The summed E-state index contributed by atoms with van der Waals surface area (Å²) in [7, 11) is 8.75. The summed E-state index contributed by atoms with van der Waals surface area (Å²) >= 11 is 0. The highest BCUT2D eigenvalue weighted by Crippen LogP contribution is 2.35. The molecule has 280 valence electrons. The van der Waals surface area contributed by atoms with Crippen LogP contribution in [0.15, 0.2) is 35.9 Å². The first-order chi connectivity index (χ1) is 24.5. The number of carbonyl (C=O) groups is 4. The highest BCUT2D eigenvalue weighted by atomic mass is 16.5. The van der Waals surface area contributed by atoms with Gasteiger partial charge >= 0.3 is 11.9 Å². The van der Waals surface area contributed by atoms with Crippen molar-refractivity contribution < 1.29 is 57.8 Å². The van der Waals surface area contributed by atoms with Crippen molar-refractivity contribution in [2.75, 3.05) is 88.5 Å². The van der Waals surface area contributed by atoms with Gasteiger partial charge < -0.3 is 54.2 Å². The van der Waals surface area contributed by atoms with E-state index in [1.165, 1.54) is 42.7 Å². The molecule has 4 N–H and O–H groups in total. The molecule has 1 unspecified atom stereocenters. The zero-order valence-electron chi connectivity index (χ0n) is 29.9. The monoisotopic (exact) mass is 716 g/mol. The molecule has 2 aromatic rings. The Balaban J connectivity index is 1.66. The van der Waals surface area contributed by atoms with Crippen LogP contribution in [0.2, 0.25) is 0 Å². The molecule has 1 aliphatic rings. The van der Waals surface area contributed by atoms with E-state index in [0.717, 1.165) is 6.08 Å². The molecule has 2 amide bonds. The molecular formula is C35H48N4O12. The van der Waals surface area contributed by atoms with Crippen LogP contribution in [0.3, 0.4) is 0 Å². The molecule has 1 atom stereocenters. The van der Waals surface area contributed by atoms with Crippen LogP contribution >= 0.6 is 0 Å². The normalized spacial score (nSPS) is 15.3. The quantitative estimate of drug-likeness (QED) is 0.122. The van der Waals surface area contributed by atoms with Crippen LogP contribution in [0.25, 0.3) is 0 Å². The Morgan fingerprint density at radius 1 is 0.706 bits per heavy atom. The fraction of sp³-hybridized carbons (Fsp3) is 0.486. The first kappa shape index (κ1) is 40.2. The Hall–Kier alpha value is -5.22. The van der Waals surface area contributed by atoms with Crippen molar-refractivity contribution in [2.45, 2.75) is 25.3 Å². The van der Waals surface area contributed by atoms with Gasteiger partial charge in [0.2, 0.25) is 0 Å². The lowest BCUT2D eigenvalue weighted by Crippen LogP contribution is -2.45. The lowest BCUT2D eigenvalue weighted by atomic mass is 10.0. The Labute approximate surface area is 297 Å². The SMILES string of the molecule is COc1cc(OC)c(C(=O)NCCCN2CCCN(CCCNC(=O)c3c(OC)cc(OC)cc3OC)C(C(=CC(=O)O)C(=O)O)C2)c(OC)c1. The number of rotatable bonds is 19. The fourth-order valence-electron chi connectivity index (χ4n) is 5.93. The molecular weight excluding hydrogens is 668 g/mol. The van der Waals surface area contributed by atoms with Crippen molar-refractivity contribution in [3.05, 3.63) is 47.0 Å². The van der Waals surface area contributed by atoms with Crippen LogP contribution in [0.5, 0.6) is 34.5 Å². The molecule has 0 aliphatic carbocycles. The summed E-state index contributed by atoms with van der Waals surface area (Å²) in [6.45, 7) is 2.86. The molecule has 0 bridgehead atoms. The molecule has 51 heavy (non-hydrogen) atoms. The van der Waals surface area contributed by atoms with Gasteiger partial charge in [-0.15, -0.1) is 0 Å². The number of benzene rings is 2. The number of ether oxygens (including phenoxy) is 6. The van der Waals surface area contributed by atoms with Gasteiger partial charge in [0.25, 0.3) is 11.8 Å². The van der Waals surface area contributed by atoms with Crippen molar-refractivity contribution in [1.29, 1.82) is 0 Å². The van der Waals surface area contributed by atoms with E-state index in [1.54, 1.807) is 24.3 Å². The molecule has 2 aromatic carbocycles. The summed E-state index contributed by atoms with van der Waals surface area (Å²) in [5.41, 5.74) is 0.202. The number of hydrogen-bond acceptors (Lipinski definition) is 12. The summed E-state index contributed by atoms with van der Waals surface area (Å²) in [5, 5.41) is 25.3. The number of aliphatic carboxylic acids is 2. The van der Waals surface area contributed by atoms with E-state index in [2.05, 4.69) is 15.5 Å². The van der Waals surface area contributed by atoms with Gasteiger partial charge in [-0.1, -0.05) is 0 Å². The van der Waals surface area contributed by atoms with Crippen molar-refractivity contribution in [1.82, 2.24) is 20.4 Å². The number of carbonyl (C=O) groups excluding carboxylic acids is 2. The summed E-state index contributed by atoms with van der Waals surface area (Å²) < 4.78 is 32.1. The first-order valence-corrected chi connectivity index (χ1v) is 16.3. The summed E-state index contributed by atoms with van der Waals surface area (Å²) in [5.74, 6) is -1.40. The molecule has 0 radical (unpaired) electrons. The van der Waals surface area contributed by atoms with E-state index in [-0.39, 0.29) is 47.2 Å². The molecule has 16 nitrogen and oxygen atoms in total. The van der Waals surface area contributed by atoms with Gasteiger partial charge in [0, 0.05) is 63.1 Å². The van der Waals surface area contributed by atoms with Gasteiger partial charge in [-0.3, -0.25) is 14.5 Å². The first-order valence-electron chi connectivity index (χ1n) is 16.3. The predicted octanol–water partition coefficient (Wildman–Crippen LogP) is 2.15. The second-order valence-corrected chi connectivity index (χ2v) is 11.5. The second kappa shape index (κ2) is 19.8. The van der Waals surface area contributed by atoms with E-state index in [9.17, 15) is 29.4 Å². The van der Waals surface area contributed by atoms with E-state index >= 15 is 0 Å². The van der Waals surface area contributed by atoms with E-state index in [1.807, 2.05) is 4.90 Å². The standard InChI is InChI=1S/C35H48N4O12/c1-46-22-16-26(48-3)31(27(17-22)49-4)33(42)36-10-7-12-38-13-9-15-39(25(21-38)24(35(44)45)20-30(40)41)14-8-11-37-34(43)32-28(50-5)18-23(47-2)19-29(32)51-6/h16-20,25H,7-15,21H2,1-6H3,(H,36,42)(H,37,43)(H,40,41)(H,44,45). The smallest absolute Gasteiger partial charge is 0.333 e. The van der Waals surface area contributed by atoms with Gasteiger partial charge in [0.05, 0.1) is 54.3 Å². The minimum Gasteiger partial charge on any atom is -0.496 e. The van der Waals surface area contributed by atoms with Gasteiger partial charge in [-0.2, -0.15) is 0 Å². The number of carboxylic acids is 2. The molecule has 1 aliphatic heterocycles. The lowest BCUT2D eigenvalue weighted by Gasteiger charge is -2.32. The Bertz CT molecular complexity index is 1510. The van der Waals surface area contributed by atoms with Crippen LogP contribution in [-0.4, -0.2) is 138 Å². The third-order valence-corrected chi connectivity index (χ3v) is 8.41. The van der Waals surface area contributed by atoms with Gasteiger partial charge in [-0.05, 0) is 32.4 Å². The number of hydrogen-bond donors (Lipinski definition) is 4. The van der Waals surface area contributed by atoms with Crippen molar-refractivity contribution in [2.24, 2.45) is 0 Å². The van der Waals surface area contributed by atoms with Gasteiger partial charge in [-0.25, -0.2) is 9.59 Å². The van der Waals surface area contributed by atoms with Crippen LogP contribution in [0.1, 0.15) is 40.0 Å². The third-order valence-electron chi connectivity index (χ3n) is 8.41. The number of methoxy groups -OCH3 is 6. The molecule has 0 spiro atoms. The Kier molecular flexibility index (Phi) is 15.6. The molecule has 16 heteroatoms.